The first kappa shape index (κ1) is 16.3. The number of esters is 1. The van der Waals surface area contributed by atoms with E-state index >= 15 is 0 Å². The third-order valence-corrected chi connectivity index (χ3v) is 1.97. The molecule has 0 fully saturated rings. The second kappa shape index (κ2) is 6.39. The summed E-state index contributed by atoms with van der Waals surface area (Å²) < 4.78 is 17.4. The lowest BCUT2D eigenvalue weighted by Crippen LogP contribution is -2.13. The Balaban J connectivity index is 0. The van der Waals surface area contributed by atoms with Gasteiger partial charge in [-0.3, -0.25) is 0 Å². The van der Waals surface area contributed by atoms with Gasteiger partial charge in [-0.2, -0.15) is 0 Å². The van der Waals surface area contributed by atoms with Crippen molar-refractivity contribution >= 4 is 30.9 Å². The molecule has 1 aromatic carbocycles. The lowest BCUT2D eigenvalue weighted by molar-refractivity contribution is 0.0601. The maximum absolute atomic E-state index is 12.9. The molecule has 0 aliphatic rings. The second-order valence-electron chi connectivity index (χ2n) is 2.57. The summed E-state index contributed by atoms with van der Waals surface area (Å²) >= 11 is 5.63. The van der Waals surface area contributed by atoms with E-state index in [4.69, 9.17) is 11.6 Å². The third-order valence-electron chi connectivity index (χ3n) is 1.65. The van der Waals surface area contributed by atoms with Crippen molar-refractivity contribution in [3.8, 4) is 0 Å². The molecule has 1 aromatic rings. The molecule has 84 valence electrons. The Kier molecular flexibility index (Phi) is 6.96. The number of halogens is 2. The fraction of sp³-hybridized carbons (Fsp3) is 0.125. The predicted molar refractivity (Wildman–Crippen MR) is 58.2 cm³/mol. The summed E-state index contributed by atoms with van der Waals surface area (Å²) in [5.41, 5.74) is 0.549. The molecule has 0 aromatic heterocycles. The SMILES string of the molecule is Bc1cc(C(=O)OC)c(Cl)cc1F.O.O. The molecule has 4 nitrogen and oxygen atoms in total. The number of carbonyl (C=O) groups is 1. The summed E-state index contributed by atoms with van der Waals surface area (Å²) in [5.74, 6) is -0.995. The molecule has 15 heavy (non-hydrogen) atoms. The third kappa shape index (κ3) is 3.51. The average Bonchev–Trinajstić information content (AvgIpc) is 2.10. The van der Waals surface area contributed by atoms with Gasteiger partial charge < -0.3 is 15.7 Å². The van der Waals surface area contributed by atoms with Crippen molar-refractivity contribution in [1.29, 1.82) is 0 Å². The summed E-state index contributed by atoms with van der Waals surface area (Å²) in [7, 11) is 2.80. The van der Waals surface area contributed by atoms with E-state index in [1.807, 2.05) is 0 Å². The average molecular weight is 236 g/mol. The van der Waals surface area contributed by atoms with E-state index in [0.717, 1.165) is 6.07 Å². The fourth-order valence-electron chi connectivity index (χ4n) is 0.924. The second-order valence-corrected chi connectivity index (χ2v) is 2.98. The summed E-state index contributed by atoms with van der Waals surface area (Å²) in [6.45, 7) is 0. The van der Waals surface area contributed by atoms with Gasteiger partial charge in [-0.05, 0) is 12.1 Å². The number of hydrogen-bond acceptors (Lipinski definition) is 2. The minimum atomic E-state index is -0.562. The maximum atomic E-state index is 12.9. The van der Waals surface area contributed by atoms with Crippen LogP contribution in [0.5, 0.6) is 0 Å². The van der Waals surface area contributed by atoms with E-state index in [-0.39, 0.29) is 21.5 Å². The summed E-state index contributed by atoms with van der Waals surface area (Å²) in [6.07, 6.45) is 0. The van der Waals surface area contributed by atoms with Crippen LogP contribution in [0.15, 0.2) is 12.1 Å². The van der Waals surface area contributed by atoms with Crippen molar-refractivity contribution in [3.63, 3.8) is 0 Å². The van der Waals surface area contributed by atoms with Crippen molar-refractivity contribution < 1.29 is 24.9 Å². The van der Waals surface area contributed by atoms with Gasteiger partial charge in [0.05, 0.1) is 17.7 Å². The standard InChI is InChI=1S/C8H7BClFO2.2H2O/c1-13-8(12)4-2-5(9)7(11)3-6(4)10;;/h2-3H,9H2,1H3;2*1H2. The lowest BCUT2D eigenvalue weighted by atomic mass is 9.93. The van der Waals surface area contributed by atoms with E-state index < -0.39 is 11.8 Å². The van der Waals surface area contributed by atoms with Crippen LogP contribution in [0.2, 0.25) is 5.02 Å². The van der Waals surface area contributed by atoms with Gasteiger partial charge in [0, 0.05) is 0 Å². The molecule has 0 atom stereocenters. The van der Waals surface area contributed by atoms with E-state index in [1.165, 1.54) is 13.2 Å². The molecule has 0 bridgehead atoms. The fourth-order valence-corrected chi connectivity index (χ4v) is 1.15. The normalized spacial score (nSPS) is 8.47. The monoisotopic (exact) mass is 236 g/mol. The molecule has 0 radical (unpaired) electrons. The number of hydrogen-bond donors (Lipinski definition) is 0. The predicted octanol–water partition coefficient (Wildman–Crippen LogP) is -1.13. The summed E-state index contributed by atoms with van der Waals surface area (Å²) in [4.78, 5) is 11.1. The number of benzene rings is 1. The quantitative estimate of drug-likeness (QED) is 0.456. The molecular weight excluding hydrogens is 225 g/mol. The molecule has 0 saturated carbocycles. The molecule has 7 heteroatoms. The van der Waals surface area contributed by atoms with Crippen LogP contribution in [0, 0.1) is 5.82 Å². The molecule has 0 aliphatic carbocycles. The van der Waals surface area contributed by atoms with Crippen molar-refractivity contribution in [2.45, 2.75) is 0 Å². The zero-order valence-corrected chi connectivity index (χ0v) is 8.98. The van der Waals surface area contributed by atoms with Gasteiger partial charge in [0.15, 0.2) is 0 Å². The van der Waals surface area contributed by atoms with Crippen LogP contribution in [0.3, 0.4) is 0 Å². The zero-order chi connectivity index (χ0) is 10.0. The van der Waals surface area contributed by atoms with Crippen LogP contribution >= 0.6 is 11.6 Å². The Bertz CT molecular complexity index is 359. The number of methoxy groups -OCH3 is 1. The Morgan fingerprint density at radius 2 is 2.00 bits per heavy atom. The smallest absolute Gasteiger partial charge is 0.339 e. The van der Waals surface area contributed by atoms with Crippen molar-refractivity contribution in [2.24, 2.45) is 0 Å². The van der Waals surface area contributed by atoms with Gasteiger partial charge in [0.1, 0.15) is 13.7 Å². The highest BCUT2D eigenvalue weighted by Crippen LogP contribution is 2.16. The van der Waals surface area contributed by atoms with Crippen LogP contribution < -0.4 is 5.46 Å². The minimum Gasteiger partial charge on any atom is -0.465 e. The number of rotatable bonds is 1. The van der Waals surface area contributed by atoms with Crippen molar-refractivity contribution in [2.75, 3.05) is 7.11 Å². The minimum absolute atomic E-state index is 0. The van der Waals surface area contributed by atoms with Gasteiger partial charge in [-0.25, -0.2) is 9.18 Å². The zero-order valence-electron chi connectivity index (χ0n) is 8.23. The van der Waals surface area contributed by atoms with Crippen LogP contribution in [0.25, 0.3) is 0 Å². The first-order valence-corrected chi connectivity index (χ1v) is 3.98. The Morgan fingerprint density at radius 3 is 2.47 bits per heavy atom. The van der Waals surface area contributed by atoms with Crippen LogP contribution in [-0.4, -0.2) is 31.9 Å². The molecule has 0 heterocycles. The lowest BCUT2D eigenvalue weighted by Gasteiger charge is -2.04. The number of ether oxygens (including phenoxy) is 1. The Morgan fingerprint density at radius 1 is 1.47 bits per heavy atom. The number of carbonyl (C=O) groups excluding carboxylic acids is 1. The molecule has 1 rings (SSSR count). The summed E-state index contributed by atoms with van der Waals surface area (Å²) in [6, 6.07) is 2.46. The van der Waals surface area contributed by atoms with Gasteiger partial charge in [-0.1, -0.05) is 17.1 Å². The largest absolute Gasteiger partial charge is 0.465 e. The van der Waals surface area contributed by atoms with Crippen molar-refractivity contribution in [1.82, 2.24) is 0 Å². The molecular formula is C8H11BClFO4. The molecule has 0 spiro atoms. The first-order chi connectivity index (χ1) is 6.06. The van der Waals surface area contributed by atoms with E-state index in [1.54, 1.807) is 7.85 Å². The van der Waals surface area contributed by atoms with E-state index in [0.29, 0.717) is 5.46 Å². The molecule has 0 saturated heterocycles. The van der Waals surface area contributed by atoms with E-state index in [2.05, 4.69) is 4.74 Å². The first-order valence-electron chi connectivity index (χ1n) is 3.60. The Labute approximate surface area is 92.0 Å². The van der Waals surface area contributed by atoms with Crippen LogP contribution in [0.1, 0.15) is 10.4 Å². The highest BCUT2D eigenvalue weighted by Gasteiger charge is 2.12. The molecule has 4 N–H and O–H groups in total. The van der Waals surface area contributed by atoms with Crippen molar-refractivity contribution in [3.05, 3.63) is 28.5 Å². The topological polar surface area (TPSA) is 89.3 Å². The maximum Gasteiger partial charge on any atom is 0.339 e. The van der Waals surface area contributed by atoms with Crippen LogP contribution in [0.4, 0.5) is 4.39 Å². The van der Waals surface area contributed by atoms with E-state index in [9.17, 15) is 9.18 Å². The van der Waals surface area contributed by atoms with Gasteiger partial charge in [-0.15, -0.1) is 0 Å². The molecule has 0 unspecified atom stereocenters. The van der Waals surface area contributed by atoms with Gasteiger partial charge in [0.25, 0.3) is 0 Å². The molecule has 0 aliphatic heterocycles. The summed E-state index contributed by atoms with van der Waals surface area (Å²) in [5, 5.41) is 0.0648. The molecule has 0 amide bonds. The highest BCUT2D eigenvalue weighted by molar-refractivity contribution is 6.36. The highest BCUT2D eigenvalue weighted by atomic mass is 35.5. The van der Waals surface area contributed by atoms with Crippen LogP contribution in [-0.2, 0) is 4.74 Å². The van der Waals surface area contributed by atoms with Gasteiger partial charge >= 0.3 is 5.97 Å². The van der Waals surface area contributed by atoms with Gasteiger partial charge in [0.2, 0.25) is 0 Å². The Hall–Kier alpha value is -1.11.